The second kappa shape index (κ2) is 3.27. The zero-order valence-corrected chi connectivity index (χ0v) is 7.20. The van der Waals surface area contributed by atoms with Crippen molar-refractivity contribution in [3.63, 3.8) is 0 Å². The Morgan fingerprint density at radius 3 is 2.67 bits per heavy atom. The van der Waals surface area contributed by atoms with E-state index in [0.29, 0.717) is 11.5 Å². The number of hydrogen-bond acceptors (Lipinski definition) is 5. The van der Waals surface area contributed by atoms with Crippen LogP contribution in [0.5, 0.6) is 0 Å². The molecule has 0 aliphatic heterocycles. The molecule has 5 heteroatoms. The van der Waals surface area contributed by atoms with E-state index in [0.717, 1.165) is 5.69 Å². The number of rotatable bonds is 2. The average molecular weight is 167 g/mol. The maximum atomic E-state index is 5.67. The van der Waals surface area contributed by atoms with Crippen LogP contribution < -0.4 is 21.9 Å². The molecule has 0 radical (unpaired) electrons. The number of nitrogens with two attached hydrogens (primary N) is 2. The molecule has 0 unspecified atom stereocenters. The van der Waals surface area contributed by atoms with E-state index in [1.807, 2.05) is 7.05 Å². The van der Waals surface area contributed by atoms with Crippen molar-refractivity contribution >= 4 is 17.2 Å². The summed E-state index contributed by atoms with van der Waals surface area (Å²) in [6.07, 6.45) is 1.68. The summed E-state index contributed by atoms with van der Waals surface area (Å²) in [5.74, 6) is 6.05. The lowest BCUT2D eigenvalue weighted by Gasteiger charge is -2.13. The van der Waals surface area contributed by atoms with Crippen molar-refractivity contribution in [1.82, 2.24) is 4.98 Å². The third kappa shape index (κ3) is 1.57. The van der Waals surface area contributed by atoms with Gasteiger partial charge in [0.05, 0.1) is 17.6 Å². The number of hydrogen-bond donors (Lipinski definition) is 3. The molecule has 5 nitrogen and oxygen atoms in total. The number of hydrazine groups is 1. The molecular formula is C7H13N5. The van der Waals surface area contributed by atoms with Crippen LogP contribution >= 0.6 is 0 Å². The Hall–Kier alpha value is -1.49. The molecule has 1 heterocycles. The van der Waals surface area contributed by atoms with Gasteiger partial charge >= 0.3 is 0 Å². The number of nitrogen functional groups attached to an aromatic ring is 1. The van der Waals surface area contributed by atoms with Crippen LogP contribution in [0.4, 0.5) is 17.2 Å². The highest BCUT2D eigenvalue weighted by molar-refractivity contribution is 5.66. The van der Waals surface area contributed by atoms with Gasteiger partial charge in [0.15, 0.2) is 5.82 Å². The van der Waals surface area contributed by atoms with Crippen LogP contribution in [0.1, 0.15) is 0 Å². The first-order valence-electron chi connectivity index (χ1n) is 3.57. The van der Waals surface area contributed by atoms with E-state index >= 15 is 0 Å². The van der Waals surface area contributed by atoms with E-state index in [1.165, 1.54) is 5.01 Å². The van der Waals surface area contributed by atoms with Crippen molar-refractivity contribution in [3.05, 3.63) is 12.3 Å². The Balaban J connectivity index is 3.03. The zero-order chi connectivity index (χ0) is 9.14. The summed E-state index contributed by atoms with van der Waals surface area (Å²) in [6, 6.07) is 1.78. The smallest absolute Gasteiger partial charge is 0.165 e. The van der Waals surface area contributed by atoms with E-state index in [-0.39, 0.29) is 0 Å². The highest BCUT2D eigenvalue weighted by atomic mass is 15.4. The van der Waals surface area contributed by atoms with Crippen molar-refractivity contribution in [1.29, 1.82) is 0 Å². The van der Waals surface area contributed by atoms with E-state index in [4.69, 9.17) is 11.6 Å². The number of aromatic nitrogens is 1. The van der Waals surface area contributed by atoms with Crippen molar-refractivity contribution in [2.24, 2.45) is 5.84 Å². The van der Waals surface area contributed by atoms with Crippen LogP contribution in [0.3, 0.4) is 0 Å². The second-order valence-electron chi connectivity index (χ2n) is 2.50. The van der Waals surface area contributed by atoms with Gasteiger partial charge in [-0.2, -0.15) is 0 Å². The zero-order valence-electron chi connectivity index (χ0n) is 7.20. The first-order valence-corrected chi connectivity index (χ1v) is 3.57. The maximum absolute atomic E-state index is 5.67. The summed E-state index contributed by atoms with van der Waals surface area (Å²) >= 11 is 0. The summed E-state index contributed by atoms with van der Waals surface area (Å²) in [5, 5.41) is 4.32. The second-order valence-corrected chi connectivity index (χ2v) is 2.50. The molecule has 5 N–H and O–H groups in total. The Morgan fingerprint density at radius 1 is 1.58 bits per heavy atom. The SMILES string of the molecule is CNc1cnc(N(C)N)c(N)c1. The molecule has 0 saturated carbocycles. The lowest BCUT2D eigenvalue weighted by molar-refractivity contribution is 0.980. The van der Waals surface area contributed by atoms with Gasteiger partial charge in [-0.3, -0.25) is 5.01 Å². The summed E-state index contributed by atoms with van der Waals surface area (Å²) in [7, 11) is 3.50. The molecule has 1 aromatic rings. The van der Waals surface area contributed by atoms with Crippen molar-refractivity contribution in [2.45, 2.75) is 0 Å². The summed E-state index contributed by atoms with van der Waals surface area (Å²) in [6.45, 7) is 0. The summed E-state index contributed by atoms with van der Waals surface area (Å²) in [5.41, 5.74) is 7.11. The third-order valence-electron chi connectivity index (χ3n) is 1.52. The number of pyridine rings is 1. The number of anilines is 3. The van der Waals surface area contributed by atoms with E-state index in [2.05, 4.69) is 10.3 Å². The summed E-state index contributed by atoms with van der Waals surface area (Å²) < 4.78 is 0. The number of nitrogens with zero attached hydrogens (tertiary/aromatic N) is 2. The maximum Gasteiger partial charge on any atom is 0.165 e. The molecule has 12 heavy (non-hydrogen) atoms. The van der Waals surface area contributed by atoms with E-state index < -0.39 is 0 Å². The van der Waals surface area contributed by atoms with Crippen LogP contribution in [-0.4, -0.2) is 19.1 Å². The van der Waals surface area contributed by atoms with Gasteiger partial charge in [0.1, 0.15) is 0 Å². The van der Waals surface area contributed by atoms with E-state index in [1.54, 1.807) is 19.3 Å². The van der Waals surface area contributed by atoms with Crippen LogP contribution in [-0.2, 0) is 0 Å². The van der Waals surface area contributed by atoms with Crippen LogP contribution in [0.2, 0.25) is 0 Å². The molecule has 1 rings (SSSR count). The van der Waals surface area contributed by atoms with Gasteiger partial charge in [-0.25, -0.2) is 10.8 Å². The monoisotopic (exact) mass is 167 g/mol. The first kappa shape index (κ1) is 8.61. The lowest BCUT2D eigenvalue weighted by Crippen LogP contribution is -2.27. The molecule has 0 fully saturated rings. The molecule has 0 aliphatic rings. The van der Waals surface area contributed by atoms with Crippen LogP contribution in [0.15, 0.2) is 12.3 Å². The van der Waals surface area contributed by atoms with Crippen LogP contribution in [0.25, 0.3) is 0 Å². The lowest BCUT2D eigenvalue weighted by atomic mass is 10.3. The van der Waals surface area contributed by atoms with Gasteiger partial charge in [-0.1, -0.05) is 0 Å². The molecule has 0 bridgehead atoms. The quantitative estimate of drug-likeness (QED) is 0.427. The fraction of sp³-hybridized carbons (Fsp3) is 0.286. The largest absolute Gasteiger partial charge is 0.396 e. The minimum Gasteiger partial charge on any atom is -0.396 e. The Morgan fingerprint density at radius 2 is 2.25 bits per heavy atom. The first-order chi connectivity index (χ1) is 5.65. The minimum absolute atomic E-state index is 0.562. The Labute approximate surface area is 71.3 Å². The van der Waals surface area contributed by atoms with E-state index in [9.17, 15) is 0 Å². The van der Waals surface area contributed by atoms with Gasteiger partial charge in [0.25, 0.3) is 0 Å². The fourth-order valence-corrected chi connectivity index (χ4v) is 0.906. The Bertz CT molecular complexity index is 270. The van der Waals surface area contributed by atoms with Gasteiger partial charge < -0.3 is 11.1 Å². The Kier molecular flexibility index (Phi) is 2.35. The predicted molar refractivity (Wildman–Crippen MR) is 50.8 cm³/mol. The molecular weight excluding hydrogens is 154 g/mol. The van der Waals surface area contributed by atoms with Gasteiger partial charge in [0, 0.05) is 14.1 Å². The summed E-state index contributed by atoms with van der Waals surface area (Å²) in [4.78, 5) is 4.06. The molecule has 0 spiro atoms. The molecule has 0 atom stereocenters. The highest BCUT2D eigenvalue weighted by Gasteiger charge is 2.03. The normalized spacial score (nSPS) is 9.58. The van der Waals surface area contributed by atoms with Gasteiger partial charge in [-0.15, -0.1) is 0 Å². The minimum atomic E-state index is 0.562. The third-order valence-corrected chi connectivity index (χ3v) is 1.52. The average Bonchev–Trinajstić information content (AvgIpc) is 2.03. The molecule has 1 aromatic heterocycles. The standard InChI is InChI=1S/C7H13N5/c1-10-5-3-6(8)7(11-4-5)12(2)9/h3-4,10H,8-9H2,1-2H3. The molecule has 0 saturated heterocycles. The van der Waals surface area contributed by atoms with Crippen molar-refractivity contribution in [3.8, 4) is 0 Å². The topological polar surface area (TPSA) is 80.2 Å². The molecule has 66 valence electrons. The molecule has 0 aromatic carbocycles. The van der Waals surface area contributed by atoms with Gasteiger partial charge in [0.2, 0.25) is 0 Å². The van der Waals surface area contributed by atoms with Crippen molar-refractivity contribution in [2.75, 3.05) is 30.2 Å². The highest BCUT2D eigenvalue weighted by Crippen LogP contribution is 2.19. The molecule has 0 aliphatic carbocycles. The number of nitrogens with one attached hydrogen (secondary N) is 1. The van der Waals surface area contributed by atoms with Crippen molar-refractivity contribution < 1.29 is 0 Å². The molecule has 0 amide bonds. The fourth-order valence-electron chi connectivity index (χ4n) is 0.906. The van der Waals surface area contributed by atoms with Gasteiger partial charge in [-0.05, 0) is 6.07 Å². The predicted octanol–water partition coefficient (Wildman–Crippen LogP) is 0.0154. The van der Waals surface area contributed by atoms with Crippen LogP contribution in [0, 0.1) is 0 Å².